The molecular formula is C12H17NO. The average molecular weight is 191 g/mol. The van der Waals surface area contributed by atoms with Crippen LogP contribution in [0.5, 0.6) is 0 Å². The smallest absolute Gasteiger partial charge is 0.0590 e. The Morgan fingerprint density at radius 3 is 2.93 bits per heavy atom. The Morgan fingerprint density at radius 2 is 2.21 bits per heavy atom. The summed E-state index contributed by atoms with van der Waals surface area (Å²) in [6, 6.07) is 6.90. The zero-order valence-electron chi connectivity index (χ0n) is 8.83. The fourth-order valence-electron chi connectivity index (χ4n) is 2.11. The van der Waals surface area contributed by atoms with Crippen LogP contribution in [-0.2, 0) is 13.0 Å². The molecule has 1 unspecified atom stereocenters. The minimum atomic E-state index is 0.254. The van der Waals surface area contributed by atoms with Gasteiger partial charge in [0.25, 0.3) is 0 Å². The van der Waals surface area contributed by atoms with Crippen LogP contribution < -0.4 is 0 Å². The van der Waals surface area contributed by atoms with E-state index in [0.717, 1.165) is 13.0 Å². The summed E-state index contributed by atoms with van der Waals surface area (Å²) in [5, 5.41) is 9.21. The van der Waals surface area contributed by atoms with Crippen LogP contribution in [0, 0.1) is 6.92 Å². The van der Waals surface area contributed by atoms with Gasteiger partial charge in [0.1, 0.15) is 0 Å². The Kier molecular flexibility index (Phi) is 2.57. The SMILES string of the molecule is Cc1ccc2c(c1)CC(CO)N(C)C2. The van der Waals surface area contributed by atoms with Crippen molar-refractivity contribution in [3.8, 4) is 0 Å². The van der Waals surface area contributed by atoms with Gasteiger partial charge in [-0.15, -0.1) is 0 Å². The van der Waals surface area contributed by atoms with Crippen LogP contribution in [0.15, 0.2) is 18.2 Å². The molecule has 2 heteroatoms. The lowest BCUT2D eigenvalue weighted by atomic mass is 9.93. The molecule has 1 aromatic carbocycles. The second-order valence-electron chi connectivity index (χ2n) is 4.23. The molecule has 1 aromatic rings. The van der Waals surface area contributed by atoms with Crippen molar-refractivity contribution < 1.29 is 5.11 Å². The molecule has 0 spiro atoms. The van der Waals surface area contributed by atoms with Gasteiger partial charge in [0, 0.05) is 12.6 Å². The number of aliphatic hydroxyl groups excluding tert-OH is 1. The summed E-state index contributed by atoms with van der Waals surface area (Å²) in [6.07, 6.45) is 0.976. The summed E-state index contributed by atoms with van der Waals surface area (Å²) < 4.78 is 0. The summed E-state index contributed by atoms with van der Waals surface area (Å²) in [6.45, 7) is 3.33. The molecule has 2 rings (SSSR count). The summed E-state index contributed by atoms with van der Waals surface area (Å²) in [7, 11) is 2.07. The monoisotopic (exact) mass is 191 g/mol. The van der Waals surface area contributed by atoms with Crippen LogP contribution in [0.4, 0.5) is 0 Å². The Morgan fingerprint density at radius 1 is 1.43 bits per heavy atom. The lowest BCUT2D eigenvalue weighted by molar-refractivity contribution is 0.131. The molecule has 0 bridgehead atoms. The first kappa shape index (κ1) is 9.69. The first-order valence-corrected chi connectivity index (χ1v) is 5.10. The number of hydrogen-bond acceptors (Lipinski definition) is 2. The second-order valence-corrected chi connectivity index (χ2v) is 4.23. The van der Waals surface area contributed by atoms with E-state index < -0.39 is 0 Å². The van der Waals surface area contributed by atoms with Crippen molar-refractivity contribution in [2.24, 2.45) is 0 Å². The molecule has 0 radical (unpaired) electrons. The van der Waals surface area contributed by atoms with Gasteiger partial charge in [-0.25, -0.2) is 0 Å². The molecule has 2 nitrogen and oxygen atoms in total. The maximum Gasteiger partial charge on any atom is 0.0590 e. The molecule has 0 saturated heterocycles. The number of benzene rings is 1. The van der Waals surface area contributed by atoms with Gasteiger partial charge in [-0.05, 0) is 31.5 Å². The maximum absolute atomic E-state index is 9.21. The fourth-order valence-corrected chi connectivity index (χ4v) is 2.11. The highest BCUT2D eigenvalue weighted by molar-refractivity contribution is 5.33. The largest absolute Gasteiger partial charge is 0.395 e. The number of aryl methyl sites for hydroxylation is 1. The van der Waals surface area contributed by atoms with Crippen molar-refractivity contribution in [3.05, 3.63) is 34.9 Å². The van der Waals surface area contributed by atoms with Crippen LogP contribution in [0.25, 0.3) is 0 Å². The lowest BCUT2D eigenvalue weighted by Crippen LogP contribution is -2.39. The summed E-state index contributed by atoms with van der Waals surface area (Å²) in [5.74, 6) is 0. The minimum absolute atomic E-state index is 0.254. The average Bonchev–Trinajstić information content (AvgIpc) is 2.17. The van der Waals surface area contributed by atoms with Crippen LogP contribution in [0.2, 0.25) is 0 Å². The van der Waals surface area contributed by atoms with E-state index >= 15 is 0 Å². The fraction of sp³-hybridized carbons (Fsp3) is 0.500. The molecule has 1 atom stereocenters. The topological polar surface area (TPSA) is 23.5 Å². The minimum Gasteiger partial charge on any atom is -0.395 e. The van der Waals surface area contributed by atoms with Crippen LogP contribution >= 0.6 is 0 Å². The number of rotatable bonds is 1. The van der Waals surface area contributed by atoms with Crippen molar-refractivity contribution in [2.45, 2.75) is 25.9 Å². The molecule has 14 heavy (non-hydrogen) atoms. The highest BCUT2D eigenvalue weighted by Crippen LogP contribution is 2.22. The van der Waals surface area contributed by atoms with Gasteiger partial charge in [0.2, 0.25) is 0 Å². The maximum atomic E-state index is 9.21. The lowest BCUT2D eigenvalue weighted by Gasteiger charge is -2.33. The normalized spacial score (nSPS) is 22.1. The van der Waals surface area contributed by atoms with Crippen LogP contribution in [0.3, 0.4) is 0 Å². The number of hydrogen-bond donors (Lipinski definition) is 1. The van der Waals surface area contributed by atoms with Gasteiger partial charge >= 0.3 is 0 Å². The van der Waals surface area contributed by atoms with E-state index in [1.807, 2.05) is 0 Å². The Hall–Kier alpha value is -0.860. The van der Waals surface area contributed by atoms with E-state index in [-0.39, 0.29) is 6.61 Å². The third-order valence-corrected chi connectivity index (χ3v) is 3.07. The van der Waals surface area contributed by atoms with Crippen molar-refractivity contribution in [3.63, 3.8) is 0 Å². The first-order valence-electron chi connectivity index (χ1n) is 5.10. The molecule has 1 N–H and O–H groups in total. The van der Waals surface area contributed by atoms with Gasteiger partial charge < -0.3 is 5.11 Å². The number of fused-ring (bicyclic) bond motifs is 1. The number of aliphatic hydroxyl groups is 1. The standard InChI is InChI=1S/C12H17NO/c1-9-3-4-10-7-13(2)12(8-14)6-11(10)5-9/h3-5,12,14H,6-8H2,1-2H3. The van der Waals surface area contributed by atoms with Gasteiger partial charge in [0.05, 0.1) is 6.61 Å². The molecular weight excluding hydrogens is 174 g/mol. The van der Waals surface area contributed by atoms with E-state index in [4.69, 9.17) is 0 Å². The summed E-state index contributed by atoms with van der Waals surface area (Å²) in [4.78, 5) is 2.22. The van der Waals surface area contributed by atoms with E-state index in [9.17, 15) is 5.11 Å². The predicted molar refractivity (Wildman–Crippen MR) is 57.2 cm³/mol. The third kappa shape index (κ3) is 1.68. The van der Waals surface area contributed by atoms with E-state index in [0.29, 0.717) is 6.04 Å². The Bertz CT molecular complexity index is 335. The van der Waals surface area contributed by atoms with Crippen LogP contribution in [-0.4, -0.2) is 29.7 Å². The van der Waals surface area contributed by atoms with Gasteiger partial charge in [-0.2, -0.15) is 0 Å². The third-order valence-electron chi connectivity index (χ3n) is 3.07. The highest BCUT2D eigenvalue weighted by atomic mass is 16.3. The zero-order chi connectivity index (χ0) is 10.1. The van der Waals surface area contributed by atoms with Crippen LogP contribution in [0.1, 0.15) is 16.7 Å². The van der Waals surface area contributed by atoms with Gasteiger partial charge in [-0.1, -0.05) is 23.8 Å². The summed E-state index contributed by atoms with van der Waals surface area (Å²) >= 11 is 0. The Balaban J connectivity index is 2.31. The van der Waals surface area contributed by atoms with E-state index in [2.05, 4.69) is 37.1 Å². The number of nitrogens with zero attached hydrogens (tertiary/aromatic N) is 1. The quantitative estimate of drug-likeness (QED) is 0.724. The van der Waals surface area contributed by atoms with Crippen molar-refractivity contribution >= 4 is 0 Å². The summed E-state index contributed by atoms with van der Waals surface area (Å²) in [5.41, 5.74) is 4.12. The second kappa shape index (κ2) is 3.71. The first-order chi connectivity index (χ1) is 6.70. The van der Waals surface area contributed by atoms with Crippen molar-refractivity contribution in [1.29, 1.82) is 0 Å². The molecule has 1 aliphatic heterocycles. The van der Waals surface area contributed by atoms with E-state index in [1.54, 1.807) is 0 Å². The molecule has 1 aliphatic rings. The van der Waals surface area contributed by atoms with E-state index in [1.165, 1.54) is 16.7 Å². The van der Waals surface area contributed by atoms with Gasteiger partial charge in [-0.3, -0.25) is 4.90 Å². The molecule has 0 fully saturated rings. The molecule has 76 valence electrons. The van der Waals surface area contributed by atoms with Gasteiger partial charge in [0.15, 0.2) is 0 Å². The molecule has 0 amide bonds. The Labute approximate surface area is 85.2 Å². The molecule has 0 aliphatic carbocycles. The molecule has 0 saturated carbocycles. The van der Waals surface area contributed by atoms with Crippen molar-refractivity contribution in [1.82, 2.24) is 4.90 Å². The van der Waals surface area contributed by atoms with Crippen molar-refractivity contribution in [2.75, 3.05) is 13.7 Å². The zero-order valence-corrected chi connectivity index (χ0v) is 8.83. The highest BCUT2D eigenvalue weighted by Gasteiger charge is 2.22. The predicted octanol–water partition coefficient (Wildman–Crippen LogP) is 1.34. The molecule has 0 aromatic heterocycles. The molecule has 1 heterocycles. The number of likely N-dealkylation sites (N-methyl/N-ethyl adjacent to an activating group) is 1.